The molecule has 0 spiro atoms. The quantitative estimate of drug-likeness (QED) is 0.585. The average molecular weight is 257 g/mol. The average Bonchev–Trinajstić information content (AvgIpc) is 2.62. The van der Waals surface area contributed by atoms with Gasteiger partial charge in [0, 0.05) is 13.2 Å². The molecule has 0 heterocycles. The number of hydrogen-bond donors (Lipinski definition) is 1. The molecule has 1 unspecified atom stereocenters. The van der Waals surface area contributed by atoms with Crippen molar-refractivity contribution in [3.05, 3.63) is 0 Å². The molecule has 0 aromatic carbocycles. The van der Waals surface area contributed by atoms with Crippen LogP contribution in [0.25, 0.3) is 0 Å². The molecule has 18 heavy (non-hydrogen) atoms. The Balaban J connectivity index is 2.54. The maximum atomic E-state index is 12.3. The molecule has 0 bridgehead atoms. The molecule has 1 aliphatic carbocycles. The lowest BCUT2D eigenvalue weighted by Crippen LogP contribution is -2.41. The van der Waals surface area contributed by atoms with Gasteiger partial charge in [0.15, 0.2) is 0 Å². The molecule has 1 saturated carbocycles. The van der Waals surface area contributed by atoms with Gasteiger partial charge in [-0.1, -0.05) is 25.7 Å². The van der Waals surface area contributed by atoms with Gasteiger partial charge >= 0.3 is 5.97 Å². The molecular formula is C14H27NO3. The van der Waals surface area contributed by atoms with Crippen LogP contribution in [0.1, 0.15) is 52.4 Å². The van der Waals surface area contributed by atoms with Gasteiger partial charge in [-0.05, 0) is 26.7 Å². The third kappa shape index (κ3) is 4.25. The Morgan fingerprint density at radius 1 is 1.28 bits per heavy atom. The number of rotatable bonds is 6. The van der Waals surface area contributed by atoms with Gasteiger partial charge in [0.25, 0.3) is 0 Å². The van der Waals surface area contributed by atoms with Crippen LogP contribution in [0.3, 0.4) is 0 Å². The molecule has 0 radical (unpaired) electrons. The van der Waals surface area contributed by atoms with Gasteiger partial charge in [-0.3, -0.25) is 4.79 Å². The Hall–Kier alpha value is -0.610. The van der Waals surface area contributed by atoms with E-state index in [1.54, 1.807) is 0 Å². The second kappa shape index (κ2) is 7.74. The number of ether oxygens (including phenoxy) is 2. The SMILES string of the molecule is CCOCC(C)OC(=O)C1(CN)CCCCCC1. The molecule has 1 aliphatic rings. The summed E-state index contributed by atoms with van der Waals surface area (Å²) in [5.41, 5.74) is 5.40. The van der Waals surface area contributed by atoms with E-state index in [4.69, 9.17) is 15.2 Å². The molecular weight excluding hydrogens is 230 g/mol. The third-order valence-electron chi connectivity index (χ3n) is 3.75. The summed E-state index contributed by atoms with van der Waals surface area (Å²) < 4.78 is 10.8. The van der Waals surface area contributed by atoms with Crippen LogP contribution in [-0.4, -0.2) is 31.8 Å². The number of carbonyl (C=O) groups is 1. The predicted molar refractivity (Wildman–Crippen MR) is 71.2 cm³/mol. The highest BCUT2D eigenvalue weighted by Crippen LogP contribution is 2.35. The molecule has 0 aromatic heterocycles. The first-order chi connectivity index (χ1) is 8.64. The number of carbonyl (C=O) groups excluding carboxylic acids is 1. The molecule has 0 saturated heterocycles. The van der Waals surface area contributed by atoms with E-state index in [2.05, 4.69) is 0 Å². The van der Waals surface area contributed by atoms with Crippen LogP contribution in [0.15, 0.2) is 0 Å². The van der Waals surface area contributed by atoms with E-state index in [0.717, 1.165) is 25.7 Å². The van der Waals surface area contributed by atoms with E-state index in [1.165, 1.54) is 12.8 Å². The van der Waals surface area contributed by atoms with Crippen LogP contribution in [-0.2, 0) is 14.3 Å². The largest absolute Gasteiger partial charge is 0.460 e. The second-order valence-electron chi connectivity index (χ2n) is 5.27. The smallest absolute Gasteiger partial charge is 0.313 e. The van der Waals surface area contributed by atoms with Crippen LogP contribution in [0.5, 0.6) is 0 Å². The molecule has 0 aromatic rings. The van der Waals surface area contributed by atoms with Gasteiger partial charge in [-0.15, -0.1) is 0 Å². The molecule has 106 valence electrons. The maximum absolute atomic E-state index is 12.3. The zero-order valence-electron chi connectivity index (χ0n) is 11.7. The molecule has 4 nitrogen and oxygen atoms in total. The van der Waals surface area contributed by atoms with Crippen molar-refractivity contribution in [2.45, 2.75) is 58.5 Å². The monoisotopic (exact) mass is 257 g/mol. The summed E-state index contributed by atoms with van der Waals surface area (Å²) in [6.07, 6.45) is 6.09. The summed E-state index contributed by atoms with van der Waals surface area (Å²) in [4.78, 5) is 12.3. The molecule has 0 aliphatic heterocycles. The molecule has 1 atom stereocenters. The van der Waals surface area contributed by atoms with Gasteiger partial charge in [-0.2, -0.15) is 0 Å². The standard InChI is InChI=1S/C14H27NO3/c1-3-17-10-12(2)18-13(16)14(11-15)8-6-4-5-7-9-14/h12H,3-11,15H2,1-2H3. The van der Waals surface area contributed by atoms with E-state index in [0.29, 0.717) is 19.8 Å². The van der Waals surface area contributed by atoms with Crippen LogP contribution >= 0.6 is 0 Å². The topological polar surface area (TPSA) is 61.5 Å². The maximum Gasteiger partial charge on any atom is 0.313 e. The molecule has 1 fully saturated rings. The fraction of sp³-hybridized carbons (Fsp3) is 0.929. The molecule has 1 rings (SSSR count). The predicted octanol–water partition coefficient (Wildman–Crippen LogP) is 2.25. The number of esters is 1. The third-order valence-corrected chi connectivity index (χ3v) is 3.75. The summed E-state index contributed by atoms with van der Waals surface area (Å²) in [5, 5.41) is 0. The lowest BCUT2D eigenvalue weighted by molar-refractivity contribution is -0.163. The van der Waals surface area contributed by atoms with Crippen molar-refractivity contribution in [2.75, 3.05) is 19.8 Å². The van der Waals surface area contributed by atoms with Crippen molar-refractivity contribution in [1.82, 2.24) is 0 Å². The van der Waals surface area contributed by atoms with Crippen LogP contribution in [0.4, 0.5) is 0 Å². The van der Waals surface area contributed by atoms with Crippen LogP contribution in [0, 0.1) is 5.41 Å². The number of nitrogens with two attached hydrogens (primary N) is 1. The second-order valence-corrected chi connectivity index (χ2v) is 5.27. The van der Waals surface area contributed by atoms with E-state index >= 15 is 0 Å². The highest BCUT2D eigenvalue weighted by Gasteiger charge is 2.39. The summed E-state index contributed by atoms with van der Waals surface area (Å²) in [6, 6.07) is 0. The van der Waals surface area contributed by atoms with Crippen molar-refractivity contribution >= 4 is 5.97 Å². The Labute approximate surface area is 110 Å². The minimum absolute atomic E-state index is 0.126. The normalized spacial score (nSPS) is 21.1. The Morgan fingerprint density at radius 2 is 1.89 bits per heavy atom. The zero-order valence-corrected chi connectivity index (χ0v) is 11.7. The molecule has 4 heteroatoms. The van der Waals surface area contributed by atoms with E-state index < -0.39 is 5.41 Å². The van der Waals surface area contributed by atoms with Crippen molar-refractivity contribution in [2.24, 2.45) is 11.1 Å². The van der Waals surface area contributed by atoms with Gasteiger partial charge < -0.3 is 15.2 Å². The van der Waals surface area contributed by atoms with Gasteiger partial charge in [0.05, 0.1) is 12.0 Å². The van der Waals surface area contributed by atoms with Crippen LogP contribution in [0.2, 0.25) is 0 Å². The number of hydrogen-bond acceptors (Lipinski definition) is 4. The van der Waals surface area contributed by atoms with Crippen molar-refractivity contribution in [3.63, 3.8) is 0 Å². The highest BCUT2D eigenvalue weighted by molar-refractivity contribution is 5.77. The van der Waals surface area contributed by atoms with Crippen molar-refractivity contribution in [3.8, 4) is 0 Å². The first-order valence-corrected chi connectivity index (χ1v) is 7.13. The van der Waals surface area contributed by atoms with Gasteiger partial charge in [0.2, 0.25) is 0 Å². The first-order valence-electron chi connectivity index (χ1n) is 7.13. The lowest BCUT2D eigenvalue weighted by atomic mass is 9.80. The minimum atomic E-state index is -0.447. The highest BCUT2D eigenvalue weighted by atomic mass is 16.6. The molecule has 2 N–H and O–H groups in total. The summed E-state index contributed by atoms with van der Waals surface area (Å²) >= 11 is 0. The van der Waals surface area contributed by atoms with Gasteiger partial charge in [-0.25, -0.2) is 0 Å². The van der Waals surface area contributed by atoms with Crippen molar-refractivity contribution < 1.29 is 14.3 Å². The van der Waals surface area contributed by atoms with E-state index in [1.807, 2.05) is 13.8 Å². The van der Waals surface area contributed by atoms with Crippen molar-refractivity contribution in [1.29, 1.82) is 0 Å². The van der Waals surface area contributed by atoms with E-state index in [9.17, 15) is 4.79 Å². The Morgan fingerprint density at radius 3 is 2.39 bits per heavy atom. The fourth-order valence-electron chi connectivity index (χ4n) is 2.52. The van der Waals surface area contributed by atoms with E-state index in [-0.39, 0.29) is 12.1 Å². The lowest BCUT2D eigenvalue weighted by Gasteiger charge is -2.30. The summed E-state index contributed by atoms with van der Waals surface area (Å²) in [7, 11) is 0. The summed E-state index contributed by atoms with van der Waals surface area (Å²) in [5.74, 6) is -0.126. The van der Waals surface area contributed by atoms with Gasteiger partial charge in [0.1, 0.15) is 6.10 Å². The minimum Gasteiger partial charge on any atom is -0.460 e. The molecule has 0 amide bonds. The fourth-order valence-corrected chi connectivity index (χ4v) is 2.52. The summed E-state index contributed by atoms with van der Waals surface area (Å²) in [6.45, 7) is 5.30. The first kappa shape index (κ1) is 15.4. The Kier molecular flexibility index (Phi) is 6.65. The Bertz CT molecular complexity index is 247. The zero-order chi connectivity index (χ0) is 13.4. The van der Waals surface area contributed by atoms with Crippen LogP contribution < -0.4 is 5.73 Å².